The summed E-state index contributed by atoms with van der Waals surface area (Å²) in [4.78, 5) is 16.6. The summed E-state index contributed by atoms with van der Waals surface area (Å²) in [7, 11) is -4.06. The Hall–Kier alpha value is -2.51. The van der Waals surface area contributed by atoms with Crippen LogP contribution in [0.25, 0.3) is 0 Å². The fourth-order valence-corrected chi connectivity index (χ4v) is 6.04. The summed E-state index contributed by atoms with van der Waals surface area (Å²) in [6, 6.07) is 12.1. The molecule has 0 spiro atoms. The lowest BCUT2D eigenvalue weighted by atomic mass is 9.86. The number of nitriles is 1. The zero-order valence-corrected chi connectivity index (χ0v) is 22.2. The summed E-state index contributed by atoms with van der Waals surface area (Å²) >= 11 is 12.1. The fourth-order valence-electron chi connectivity index (χ4n) is 4.74. The van der Waals surface area contributed by atoms with Crippen LogP contribution in [0.2, 0.25) is 10.0 Å². The lowest BCUT2D eigenvalue weighted by Gasteiger charge is -2.49. The molecule has 0 unspecified atom stereocenters. The minimum absolute atomic E-state index is 0.0780. The third-order valence-corrected chi connectivity index (χ3v) is 9.08. The first-order chi connectivity index (χ1) is 17.1. The number of carbonyl (C=O) groups is 1. The Morgan fingerprint density at radius 2 is 1.78 bits per heavy atom. The Morgan fingerprint density at radius 1 is 1.08 bits per heavy atom. The summed E-state index contributed by atoms with van der Waals surface area (Å²) in [6.07, 6.45) is 3.32. The van der Waals surface area contributed by atoms with Crippen molar-refractivity contribution in [3.8, 4) is 11.8 Å². The van der Waals surface area contributed by atoms with Crippen LogP contribution >= 0.6 is 23.2 Å². The summed E-state index contributed by atoms with van der Waals surface area (Å²) in [5.41, 5.74) is 0.135. The third kappa shape index (κ3) is 6.06. The van der Waals surface area contributed by atoms with Gasteiger partial charge in [-0.05, 0) is 62.9 Å². The van der Waals surface area contributed by atoms with Crippen molar-refractivity contribution in [1.82, 2.24) is 14.5 Å². The lowest BCUT2D eigenvalue weighted by molar-refractivity contribution is 0.00232. The molecule has 0 aliphatic carbocycles. The van der Waals surface area contributed by atoms with Gasteiger partial charge in [0.2, 0.25) is 0 Å². The Bertz CT molecular complexity index is 1270. The van der Waals surface area contributed by atoms with Crippen LogP contribution in [-0.2, 0) is 10.0 Å². The van der Waals surface area contributed by atoms with Crippen LogP contribution in [0.15, 0.2) is 47.4 Å². The molecule has 2 heterocycles. The molecule has 1 N–H and O–H groups in total. The number of halogens is 2. The van der Waals surface area contributed by atoms with Crippen molar-refractivity contribution in [1.29, 1.82) is 5.26 Å². The maximum atomic E-state index is 12.7. The number of nitrogens with zero attached hydrogens (tertiary/aromatic N) is 3. The number of hydrogen-bond donors (Lipinski definition) is 1. The molecule has 0 aromatic heterocycles. The second-order valence-corrected chi connectivity index (χ2v) is 11.9. The van der Waals surface area contributed by atoms with Crippen molar-refractivity contribution >= 4 is 39.3 Å². The van der Waals surface area contributed by atoms with E-state index >= 15 is 0 Å². The number of amides is 2. The molecule has 2 aliphatic rings. The quantitative estimate of drug-likeness (QED) is 0.580. The highest BCUT2D eigenvalue weighted by atomic mass is 35.5. The van der Waals surface area contributed by atoms with Crippen LogP contribution in [0.3, 0.4) is 0 Å². The summed E-state index contributed by atoms with van der Waals surface area (Å²) in [5, 5.41) is 9.98. The standard InChI is InChI=1S/C25H28Cl2N4O4S/c1-25(31-11-7-19(8-12-31)35-20-5-6-22(26)23(27)16-20)9-13-30(14-10-25)24(32)29-36(33,34)21-4-2-3-18(15-21)17-28/h2-6,15-16,19H,7-14H2,1H3,(H,29,32). The fraction of sp³-hybridized carbons (Fsp3) is 0.440. The molecule has 0 saturated carbocycles. The van der Waals surface area contributed by atoms with Gasteiger partial charge in [-0.2, -0.15) is 5.26 Å². The molecule has 11 heteroatoms. The van der Waals surface area contributed by atoms with Gasteiger partial charge in [-0.1, -0.05) is 29.3 Å². The van der Waals surface area contributed by atoms with E-state index in [2.05, 4.69) is 16.5 Å². The third-order valence-electron chi connectivity index (χ3n) is 7.02. The Kier molecular flexibility index (Phi) is 8.00. The predicted molar refractivity (Wildman–Crippen MR) is 138 cm³/mol. The molecule has 0 radical (unpaired) electrons. The highest BCUT2D eigenvalue weighted by molar-refractivity contribution is 7.90. The molecule has 2 amide bonds. The Morgan fingerprint density at radius 3 is 2.42 bits per heavy atom. The number of hydrogen-bond acceptors (Lipinski definition) is 6. The van der Waals surface area contributed by atoms with Crippen molar-refractivity contribution in [2.24, 2.45) is 0 Å². The zero-order valence-electron chi connectivity index (χ0n) is 19.9. The van der Waals surface area contributed by atoms with Gasteiger partial charge in [-0.15, -0.1) is 0 Å². The minimum atomic E-state index is -4.06. The number of sulfonamides is 1. The number of ether oxygens (including phenoxy) is 1. The van der Waals surface area contributed by atoms with Gasteiger partial charge in [0.25, 0.3) is 10.0 Å². The molecule has 2 fully saturated rings. The van der Waals surface area contributed by atoms with Crippen molar-refractivity contribution in [2.45, 2.75) is 49.1 Å². The average Bonchev–Trinajstić information content (AvgIpc) is 2.87. The predicted octanol–water partition coefficient (Wildman–Crippen LogP) is 4.66. The average molecular weight is 551 g/mol. The number of nitrogens with one attached hydrogen (secondary N) is 1. The second kappa shape index (κ2) is 10.9. The van der Waals surface area contributed by atoms with Gasteiger partial charge < -0.3 is 9.64 Å². The molecule has 2 aromatic carbocycles. The van der Waals surface area contributed by atoms with Crippen LogP contribution in [0.5, 0.6) is 5.75 Å². The molecule has 4 rings (SSSR count). The van der Waals surface area contributed by atoms with E-state index < -0.39 is 16.1 Å². The molecular weight excluding hydrogens is 523 g/mol. The van der Waals surface area contributed by atoms with Crippen molar-refractivity contribution in [3.63, 3.8) is 0 Å². The van der Waals surface area contributed by atoms with Gasteiger partial charge in [0, 0.05) is 37.8 Å². The van der Waals surface area contributed by atoms with E-state index in [1.807, 2.05) is 12.1 Å². The number of rotatable bonds is 5. The van der Waals surface area contributed by atoms with Gasteiger partial charge >= 0.3 is 6.03 Å². The summed E-state index contributed by atoms with van der Waals surface area (Å²) in [5.74, 6) is 0.711. The molecule has 8 nitrogen and oxygen atoms in total. The molecule has 192 valence electrons. The van der Waals surface area contributed by atoms with Crippen molar-refractivity contribution < 1.29 is 17.9 Å². The van der Waals surface area contributed by atoms with E-state index in [9.17, 15) is 13.2 Å². The Balaban J connectivity index is 1.28. The van der Waals surface area contributed by atoms with Gasteiger partial charge in [0.05, 0.1) is 26.6 Å². The molecule has 0 bridgehead atoms. The summed E-state index contributed by atoms with van der Waals surface area (Å²) in [6.45, 7) is 4.86. The molecule has 36 heavy (non-hydrogen) atoms. The van der Waals surface area contributed by atoms with Crippen LogP contribution in [-0.4, -0.2) is 62.1 Å². The van der Waals surface area contributed by atoms with E-state index in [0.29, 0.717) is 28.9 Å². The monoisotopic (exact) mass is 550 g/mol. The van der Waals surface area contributed by atoms with Gasteiger partial charge in [0.1, 0.15) is 11.9 Å². The maximum absolute atomic E-state index is 12.7. The molecular formula is C25H28Cl2N4O4S. The zero-order chi connectivity index (χ0) is 25.9. The normalized spacial score (nSPS) is 18.9. The minimum Gasteiger partial charge on any atom is -0.490 e. The maximum Gasteiger partial charge on any atom is 0.331 e. The number of benzene rings is 2. The SMILES string of the molecule is CC1(N2CCC(Oc3ccc(Cl)c(Cl)c3)CC2)CCN(C(=O)NS(=O)(=O)c2cccc(C#N)c2)CC1. The van der Waals surface area contributed by atoms with Crippen LogP contribution in [0, 0.1) is 11.3 Å². The molecule has 2 saturated heterocycles. The van der Waals surface area contributed by atoms with Crippen molar-refractivity contribution in [3.05, 3.63) is 58.1 Å². The summed E-state index contributed by atoms with van der Waals surface area (Å²) < 4.78 is 33.5. The van der Waals surface area contributed by atoms with Crippen LogP contribution in [0.4, 0.5) is 4.79 Å². The second-order valence-electron chi connectivity index (χ2n) is 9.41. The lowest BCUT2D eigenvalue weighted by Crippen LogP contribution is -2.58. The van der Waals surface area contributed by atoms with Gasteiger partial charge in [0.15, 0.2) is 0 Å². The number of likely N-dealkylation sites (tertiary alicyclic amines) is 2. The number of piperidine rings is 2. The first kappa shape index (κ1) is 26.6. The molecule has 2 aliphatic heterocycles. The highest BCUT2D eigenvalue weighted by Crippen LogP contribution is 2.33. The highest BCUT2D eigenvalue weighted by Gasteiger charge is 2.39. The van der Waals surface area contributed by atoms with Crippen LogP contribution in [0.1, 0.15) is 38.2 Å². The van der Waals surface area contributed by atoms with E-state index in [4.69, 9.17) is 33.2 Å². The van der Waals surface area contributed by atoms with E-state index in [-0.39, 0.29) is 22.1 Å². The topological polar surface area (TPSA) is 103 Å². The largest absolute Gasteiger partial charge is 0.490 e. The first-order valence-electron chi connectivity index (χ1n) is 11.8. The first-order valence-corrected chi connectivity index (χ1v) is 14.0. The van der Waals surface area contributed by atoms with Crippen molar-refractivity contribution in [2.75, 3.05) is 26.2 Å². The number of carbonyl (C=O) groups excluding carboxylic acids is 1. The van der Waals surface area contributed by atoms with Gasteiger partial charge in [-0.25, -0.2) is 17.9 Å². The molecule has 0 atom stereocenters. The van der Waals surface area contributed by atoms with Gasteiger partial charge in [-0.3, -0.25) is 4.90 Å². The van der Waals surface area contributed by atoms with Crippen LogP contribution < -0.4 is 9.46 Å². The van der Waals surface area contributed by atoms with E-state index in [1.165, 1.54) is 29.2 Å². The number of urea groups is 1. The molecule has 2 aromatic rings. The Labute approximate surface area is 221 Å². The van der Waals surface area contributed by atoms with E-state index in [1.54, 1.807) is 12.1 Å². The smallest absolute Gasteiger partial charge is 0.331 e. The van der Waals surface area contributed by atoms with E-state index in [0.717, 1.165) is 38.8 Å².